The number of carbonyl (C=O) groups is 2. The van der Waals surface area contributed by atoms with Gasteiger partial charge in [0.1, 0.15) is 0 Å². The third-order valence-electron chi connectivity index (χ3n) is 2.91. The zero-order valence-corrected chi connectivity index (χ0v) is 11.1. The number of aromatic nitrogens is 2. The molecule has 2 rings (SSSR count). The Morgan fingerprint density at radius 3 is 3.06 bits per heavy atom. The molecule has 1 unspecified atom stereocenters. The predicted octanol–water partition coefficient (Wildman–Crippen LogP) is -0.181. The van der Waals surface area contributed by atoms with Crippen LogP contribution in [0.5, 0.6) is 0 Å². The Balaban J connectivity index is 2.00. The highest BCUT2D eigenvalue weighted by molar-refractivity contribution is 7.80. The fourth-order valence-corrected chi connectivity index (χ4v) is 2.12. The topological polar surface area (TPSA) is 67.2 Å². The fourth-order valence-electron chi connectivity index (χ4n) is 2.00. The first-order valence-corrected chi connectivity index (χ1v) is 6.42. The number of anilines is 1. The molecule has 0 aliphatic carbocycles. The van der Waals surface area contributed by atoms with Gasteiger partial charge in [-0.2, -0.15) is 17.7 Å². The molecule has 0 bridgehead atoms. The molecular weight excluding hydrogens is 252 g/mol. The Hall–Kier alpha value is -1.50. The highest BCUT2D eigenvalue weighted by atomic mass is 32.1. The number of rotatable bonds is 4. The molecule has 0 spiro atoms. The van der Waals surface area contributed by atoms with Gasteiger partial charge in [-0.25, -0.2) is 0 Å². The van der Waals surface area contributed by atoms with Gasteiger partial charge < -0.3 is 10.2 Å². The van der Waals surface area contributed by atoms with E-state index in [0.717, 1.165) is 5.69 Å². The van der Waals surface area contributed by atoms with Crippen molar-refractivity contribution in [3.63, 3.8) is 0 Å². The lowest BCUT2D eigenvalue weighted by Gasteiger charge is -2.13. The molecule has 0 aromatic carbocycles. The maximum Gasteiger partial charge on any atom is 0.227 e. The van der Waals surface area contributed by atoms with Gasteiger partial charge in [0, 0.05) is 38.5 Å². The van der Waals surface area contributed by atoms with Crippen molar-refractivity contribution in [1.82, 2.24) is 15.1 Å². The van der Waals surface area contributed by atoms with Gasteiger partial charge in [0.2, 0.25) is 11.8 Å². The van der Waals surface area contributed by atoms with Crippen LogP contribution in [0, 0.1) is 5.92 Å². The number of aryl methyl sites for hydroxylation is 1. The van der Waals surface area contributed by atoms with Crippen LogP contribution < -0.4 is 10.2 Å². The van der Waals surface area contributed by atoms with Crippen molar-refractivity contribution in [2.75, 3.05) is 23.7 Å². The largest absolute Gasteiger partial charge is 0.355 e. The number of thiol groups is 1. The first kappa shape index (κ1) is 12.9. The summed E-state index contributed by atoms with van der Waals surface area (Å²) in [6.45, 7) is 0.947. The summed E-state index contributed by atoms with van der Waals surface area (Å²) < 4.78 is 1.64. The second-order valence-electron chi connectivity index (χ2n) is 4.29. The average Bonchev–Trinajstić information content (AvgIpc) is 2.92. The molecule has 1 fully saturated rings. The van der Waals surface area contributed by atoms with E-state index in [1.54, 1.807) is 29.0 Å². The minimum absolute atomic E-state index is 0.0333. The van der Waals surface area contributed by atoms with Crippen LogP contribution in [-0.2, 0) is 16.6 Å². The van der Waals surface area contributed by atoms with E-state index in [9.17, 15) is 9.59 Å². The second kappa shape index (κ2) is 5.43. The molecule has 18 heavy (non-hydrogen) atoms. The molecule has 1 saturated heterocycles. The summed E-state index contributed by atoms with van der Waals surface area (Å²) in [6.07, 6.45) is 3.66. The van der Waals surface area contributed by atoms with Crippen molar-refractivity contribution >= 4 is 30.1 Å². The van der Waals surface area contributed by atoms with E-state index in [2.05, 4.69) is 23.0 Å². The lowest BCUT2D eigenvalue weighted by atomic mass is 10.1. The first-order valence-electron chi connectivity index (χ1n) is 5.79. The van der Waals surface area contributed by atoms with E-state index >= 15 is 0 Å². The van der Waals surface area contributed by atoms with Crippen LogP contribution in [0.2, 0.25) is 0 Å². The van der Waals surface area contributed by atoms with Gasteiger partial charge in [-0.1, -0.05) is 0 Å². The molecular formula is C11H16N4O2S. The summed E-state index contributed by atoms with van der Waals surface area (Å²) in [6, 6.07) is 0. The minimum Gasteiger partial charge on any atom is -0.355 e. The van der Waals surface area contributed by atoms with Crippen LogP contribution in [-0.4, -0.2) is 40.4 Å². The van der Waals surface area contributed by atoms with Crippen molar-refractivity contribution in [2.24, 2.45) is 13.0 Å². The monoisotopic (exact) mass is 268 g/mol. The maximum atomic E-state index is 11.9. The van der Waals surface area contributed by atoms with Crippen LogP contribution in [0.3, 0.4) is 0 Å². The van der Waals surface area contributed by atoms with Gasteiger partial charge in [0.15, 0.2) is 0 Å². The van der Waals surface area contributed by atoms with E-state index in [-0.39, 0.29) is 24.2 Å². The molecule has 2 amide bonds. The van der Waals surface area contributed by atoms with E-state index in [1.807, 2.05) is 0 Å². The maximum absolute atomic E-state index is 11.9. The standard InChI is InChI=1S/C11H16N4O2S/c1-14-7-9(5-13-14)15-6-8(4-10(15)16)11(17)12-2-3-18/h5,7-8,18H,2-4,6H2,1H3,(H,12,17). The summed E-state index contributed by atoms with van der Waals surface area (Å²) >= 11 is 4.03. The molecule has 1 atom stereocenters. The number of nitrogens with zero attached hydrogens (tertiary/aromatic N) is 3. The SMILES string of the molecule is Cn1cc(N2CC(C(=O)NCCS)CC2=O)cn1. The van der Waals surface area contributed by atoms with Crippen LogP contribution in [0.1, 0.15) is 6.42 Å². The highest BCUT2D eigenvalue weighted by Gasteiger charge is 2.35. The van der Waals surface area contributed by atoms with Crippen molar-refractivity contribution in [1.29, 1.82) is 0 Å². The van der Waals surface area contributed by atoms with Gasteiger partial charge in [-0.05, 0) is 0 Å². The lowest BCUT2D eigenvalue weighted by Crippen LogP contribution is -2.33. The zero-order chi connectivity index (χ0) is 13.1. The van der Waals surface area contributed by atoms with Gasteiger partial charge in [-0.15, -0.1) is 0 Å². The summed E-state index contributed by atoms with van der Waals surface area (Å²) in [5.41, 5.74) is 0.743. The Morgan fingerprint density at radius 2 is 2.44 bits per heavy atom. The zero-order valence-electron chi connectivity index (χ0n) is 10.2. The van der Waals surface area contributed by atoms with Gasteiger partial charge in [0.25, 0.3) is 0 Å². The Labute approximate surface area is 111 Å². The molecule has 7 heteroatoms. The molecule has 6 nitrogen and oxygen atoms in total. The van der Waals surface area contributed by atoms with Gasteiger partial charge >= 0.3 is 0 Å². The van der Waals surface area contributed by atoms with Gasteiger partial charge in [0.05, 0.1) is 17.8 Å². The molecule has 0 radical (unpaired) electrons. The van der Waals surface area contributed by atoms with Crippen molar-refractivity contribution in [3.8, 4) is 0 Å². The summed E-state index contributed by atoms with van der Waals surface area (Å²) in [5.74, 6) is 0.203. The number of nitrogens with one attached hydrogen (secondary N) is 1. The molecule has 1 aliphatic heterocycles. The predicted molar refractivity (Wildman–Crippen MR) is 70.5 cm³/mol. The Bertz CT molecular complexity index is 460. The van der Waals surface area contributed by atoms with Gasteiger partial charge in [-0.3, -0.25) is 14.3 Å². The smallest absolute Gasteiger partial charge is 0.227 e. The lowest BCUT2D eigenvalue weighted by molar-refractivity contribution is -0.126. The minimum atomic E-state index is -0.280. The molecule has 98 valence electrons. The second-order valence-corrected chi connectivity index (χ2v) is 4.74. The Morgan fingerprint density at radius 1 is 1.67 bits per heavy atom. The van der Waals surface area contributed by atoms with E-state index < -0.39 is 0 Å². The number of amides is 2. The quantitative estimate of drug-likeness (QED) is 0.744. The summed E-state index contributed by atoms with van der Waals surface area (Å²) in [5, 5.41) is 6.78. The molecule has 1 N–H and O–H groups in total. The third kappa shape index (κ3) is 2.66. The molecule has 1 aromatic rings. The molecule has 1 aromatic heterocycles. The van der Waals surface area contributed by atoms with Crippen LogP contribution in [0.25, 0.3) is 0 Å². The Kier molecular flexibility index (Phi) is 3.90. The average molecular weight is 268 g/mol. The molecule has 0 saturated carbocycles. The molecule has 1 aliphatic rings. The van der Waals surface area contributed by atoms with Crippen LogP contribution in [0.15, 0.2) is 12.4 Å². The summed E-state index contributed by atoms with van der Waals surface area (Å²) in [7, 11) is 1.79. The first-order chi connectivity index (χ1) is 8.61. The van der Waals surface area contributed by atoms with Crippen LogP contribution >= 0.6 is 12.6 Å². The number of hydrogen-bond donors (Lipinski definition) is 2. The normalized spacial score (nSPS) is 19.3. The third-order valence-corrected chi connectivity index (χ3v) is 3.13. The highest BCUT2D eigenvalue weighted by Crippen LogP contribution is 2.24. The van der Waals surface area contributed by atoms with Crippen molar-refractivity contribution in [3.05, 3.63) is 12.4 Å². The van der Waals surface area contributed by atoms with Crippen molar-refractivity contribution < 1.29 is 9.59 Å². The van der Waals surface area contributed by atoms with E-state index in [0.29, 0.717) is 18.8 Å². The van der Waals surface area contributed by atoms with Crippen LogP contribution in [0.4, 0.5) is 5.69 Å². The van der Waals surface area contributed by atoms with Crippen molar-refractivity contribution in [2.45, 2.75) is 6.42 Å². The fraction of sp³-hybridized carbons (Fsp3) is 0.545. The number of carbonyl (C=O) groups excluding carboxylic acids is 2. The van der Waals surface area contributed by atoms with E-state index in [4.69, 9.17) is 0 Å². The molecule has 2 heterocycles. The summed E-state index contributed by atoms with van der Waals surface area (Å²) in [4.78, 5) is 25.3. The van der Waals surface area contributed by atoms with E-state index in [1.165, 1.54) is 0 Å². The number of hydrogen-bond acceptors (Lipinski definition) is 4.